The predicted octanol–water partition coefficient (Wildman–Crippen LogP) is -2.02. The number of rotatable bonds is 4. The van der Waals surface area contributed by atoms with E-state index in [0.29, 0.717) is 19.4 Å². The number of aliphatic hydroxyl groups excluding tert-OH is 2. The van der Waals surface area contributed by atoms with E-state index in [1.807, 2.05) is 0 Å². The van der Waals surface area contributed by atoms with E-state index in [-0.39, 0.29) is 30.9 Å². The minimum absolute atomic E-state index is 0.0329. The molecule has 86 valence electrons. The van der Waals surface area contributed by atoms with Gasteiger partial charge in [-0.1, -0.05) is 0 Å². The molecule has 1 rings (SSSR count). The fraction of sp³-hybridized carbons (Fsp3) is 0.778. The quantitative estimate of drug-likeness (QED) is 0.436. The highest BCUT2D eigenvalue weighted by molar-refractivity contribution is 5.83. The minimum Gasteiger partial charge on any atom is -0.394 e. The number of carbonyl (C=O) groups is 2. The lowest BCUT2D eigenvalue weighted by atomic mass is 9.98. The Morgan fingerprint density at radius 3 is 2.93 bits per heavy atom. The van der Waals surface area contributed by atoms with Crippen LogP contribution in [0, 0.1) is 5.92 Å². The SMILES string of the molecule is O=C1CCC(C(=O)NCC(O)CO)CN1. The maximum Gasteiger partial charge on any atom is 0.224 e. The van der Waals surface area contributed by atoms with Gasteiger partial charge in [0.15, 0.2) is 0 Å². The van der Waals surface area contributed by atoms with Crippen LogP contribution in [0.2, 0.25) is 0 Å². The van der Waals surface area contributed by atoms with Crippen molar-refractivity contribution in [2.75, 3.05) is 19.7 Å². The molecule has 0 radical (unpaired) electrons. The normalized spacial score (nSPS) is 23.1. The standard InChI is InChI=1S/C9H16N2O4/c12-5-7(13)4-11-9(15)6-1-2-8(14)10-3-6/h6-7,12-13H,1-5H2,(H,10,14)(H,11,15). The predicted molar refractivity (Wildman–Crippen MR) is 51.8 cm³/mol. The Morgan fingerprint density at radius 1 is 1.67 bits per heavy atom. The van der Waals surface area contributed by atoms with E-state index in [0.717, 1.165) is 0 Å². The van der Waals surface area contributed by atoms with Gasteiger partial charge in [-0.2, -0.15) is 0 Å². The average molecular weight is 216 g/mol. The first-order valence-corrected chi connectivity index (χ1v) is 4.97. The molecule has 1 aliphatic heterocycles. The summed E-state index contributed by atoms with van der Waals surface area (Å²) in [5.74, 6) is -0.453. The first-order chi connectivity index (χ1) is 7.13. The molecule has 0 spiro atoms. The first-order valence-electron chi connectivity index (χ1n) is 4.97. The third-order valence-corrected chi connectivity index (χ3v) is 2.36. The fourth-order valence-corrected chi connectivity index (χ4v) is 1.38. The summed E-state index contributed by atoms with van der Waals surface area (Å²) in [5.41, 5.74) is 0. The molecular weight excluding hydrogens is 200 g/mol. The Hall–Kier alpha value is -1.14. The zero-order valence-corrected chi connectivity index (χ0v) is 8.40. The molecule has 1 aliphatic rings. The topological polar surface area (TPSA) is 98.7 Å². The maximum absolute atomic E-state index is 11.5. The molecule has 1 heterocycles. The highest BCUT2D eigenvalue weighted by Crippen LogP contribution is 2.10. The van der Waals surface area contributed by atoms with Crippen LogP contribution < -0.4 is 10.6 Å². The van der Waals surface area contributed by atoms with E-state index in [1.165, 1.54) is 0 Å². The molecule has 0 aromatic carbocycles. The number of hydrogen-bond donors (Lipinski definition) is 4. The van der Waals surface area contributed by atoms with E-state index >= 15 is 0 Å². The smallest absolute Gasteiger partial charge is 0.224 e. The third kappa shape index (κ3) is 3.85. The van der Waals surface area contributed by atoms with Crippen molar-refractivity contribution in [1.82, 2.24) is 10.6 Å². The molecule has 4 N–H and O–H groups in total. The summed E-state index contributed by atoms with van der Waals surface area (Å²) >= 11 is 0. The Labute approximate surface area is 87.7 Å². The van der Waals surface area contributed by atoms with Crippen LogP contribution in [0.15, 0.2) is 0 Å². The molecule has 1 saturated heterocycles. The molecule has 0 saturated carbocycles. The van der Waals surface area contributed by atoms with Crippen LogP contribution in [0.5, 0.6) is 0 Å². The molecule has 0 aromatic heterocycles. The van der Waals surface area contributed by atoms with Crippen LogP contribution in [-0.4, -0.2) is 47.8 Å². The number of nitrogens with one attached hydrogen (secondary N) is 2. The van der Waals surface area contributed by atoms with Gasteiger partial charge in [0.1, 0.15) is 0 Å². The Kier molecular flexibility index (Phi) is 4.51. The van der Waals surface area contributed by atoms with Crippen molar-refractivity contribution in [3.8, 4) is 0 Å². The van der Waals surface area contributed by atoms with Gasteiger partial charge in [0.25, 0.3) is 0 Å². The number of aliphatic hydroxyl groups is 2. The van der Waals surface area contributed by atoms with Gasteiger partial charge in [-0.05, 0) is 6.42 Å². The van der Waals surface area contributed by atoms with E-state index in [9.17, 15) is 9.59 Å². The second kappa shape index (κ2) is 5.67. The van der Waals surface area contributed by atoms with Gasteiger partial charge in [0, 0.05) is 19.5 Å². The zero-order chi connectivity index (χ0) is 11.3. The largest absolute Gasteiger partial charge is 0.394 e. The van der Waals surface area contributed by atoms with Crippen LogP contribution in [0.25, 0.3) is 0 Å². The lowest BCUT2D eigenvalue weighted by Gasteiger charge is -2.22. The van der Waals surface area contributed by atoms with Gasteiger partial charge in [-0.25, -0.2) is 0 Å². The second-order valence-electron chi connectivity index (χ2n) is 3.62. The van der Waals surface area contributed by atoms with Gasteiger partial charge >= 0.3 is 0 Å². The molecule has 6 heteroatoms. The van der Waals surface area contributed by atoms with Crippen molar-refractivity contribution >= 4 is 11.8 Å². The van der Waals surface area contributed by atoms with E-state index in [2.05, 4.69) is 10.6 Å². The molecule has 1 fully saturated rings. The average Bonchev–Trinajstić information content (AvgIpc) is 2.26. The van der Waals surface area contributed by atoms with Gasteiger partial charge in [0.2, 0.25) is 11.8 Å². The van der Waals surface area contributed by atoms with Crippen LogP contribution in [-0.2, 0) is 9.59 Å². The van der Waals surface area contributed by atoms with Crippen LogP contribution in [0.3, 0.4) is 0 Å². The number of carbonyl (C=O) groups excluding carboxylic acids is 2. The van der Waals surface area contributed by atoms with Crippen LogP contribution in [0.1, 0.15) is 12.8 Å². The number of amides is 2. The van der Waals surface area contributed by atoms with Crippen molar-refractivity contribution in [1.29, 1.82) is 0 Å². The molecule has 2 atom stereocenters. The first kappa shape index (κ1) is 11.9. The van der Waals surface area contributed by atoms with Crippen molar-refractivity contribution in [2.24, 2.45) is 5.92 Å². The maximum atomic E-state index is 11.5. The van der Waals surface area contributed by atoms with E-state index in [1.54, 1.807) is 0 Å². The Bertz CT molecular complexity index is 234. The van der Waals surface area contributed by atoms with Crippen molar-refractivity contribution in [2.45, 2.75) is 18.9 Å². The highest BCUT2D eigenvalue weighted by atomic mass is 16.3. The van der Waals surface area contributed by atoms with Gasteiger partial charge in [-0.3, -0.25) is 9.59 Å². The summed E-state index contributed by atoms with van der Waals surface area (Å²) in [6, 6.07) is 0. The summed E-state index contributed by atoms with van der Waals surface area (Å²) in [5, 5.41) is 22.7. The second-order valence-corrected chi connectivity index (χ2v) is 3.62. The lowest BCUT2D eigenvalue weighted by Crippen LogP contribution is -2.45. The highest BCUT2D eigenvalue weighted by Gasteiger charge is 2.24. The van der Waals surface area contributed by atoms with Gasteiger partial charge in [-0.15, -0.1) is 0 Å². The summed E-state index contributed by atoms with van der Waals surface area (Å²) in [6.45, 7) is 0.0152. The molecule has 0 aliphatic carbocycles. The van der Waals surface area contributed by atoms with Crippen LogP contribution >= 0.6 is 0 Å². The molecule has 0 aromatic rings. The molecule has 6 nitrogen and oxygen atoms in total. The summed E-state index contributed by atoms with van der Waals surface area (Å²) in [6.07, 6.45) is -0.0276. The van der Waals surface area contributed by atoms with Gasteiger partial charge in [0.05, 0.1) is 18.6 Å². The van der Waals surface area contributed by atoms with E-state index < -0.39 is 6.10 Å². The Morgan fingerprint density at radius 2 is 2.40 bits per heavy atom. The molecule has 15 heavy (non-hydrogen) atoms. The van der Waals surface area contributed by atoms with Gasteiger partial charge < -0.3 is 20.8 Å². The molecular formula is C9H16N2O4. The minimum atomic E-state index is -0.924. The molecule has 2 amide bonds. The summed E-state index contributed by atoms with van der Waals surface area (Å²) < 4.78 is 0. The third-order valence-electron chi connectivity index (χ3n) is 2.36. The fourth-order valence-electron chi connectivity index (χ4n) is 1.38. The van der Waals surface area contributed by atoms with Crippen molar-refractivity contribution < 1.29 is 19.8 Å². The summed E-state index contributed by atoms with van der Waals surface area (Å²) in [4.78, 5) is 22.3. The van der Waals surface area contributed by atoms with Crippen LogP contribution in [0.4, 0.5) is 0 Å². The zero-order valence-electron chi connectivity index (χ0n) is 8.40. The van der Waals surface area contributed by atoms with Crippen molar-refractivity contribution in [3.05, 3.63) is 0 Å². The monoisotopic (exact) mass is 216 g/mol. The summed E-state index contributed by atoms with van der Waals surface area (Å²) in [7, 11) is 0. The molecule has 2 unspecified atom stereocenters. The number of piperidine rings is 1. The lowest BCUT2D eigenvalue weighted by molar-refractivity contribution is -0.129. The van der Waals surface area contributed by atoms with Crippen molar-refractivity contribution in [3.63, 3.8) is 0 Å². The number of hydrogen-bond acceptors (Lipinski definition) is 4. The van der Waals surface area contributed by atoms with E-state index in [4.69, 9.17) is 10.2 Å². The Balaban J connectivity index is 2.25. The molecule has 0 bridgehead atoms.